The van der Waals surface area contributed by atoms with Gasteiger partial charge in [-0.1, -0.05) is 18.2 Å². The third kappa shape index (κ3) is 4.36. The molecule has 3 N–H and O–H groups in total. The summed E-state index contributed by atoms with van der Waals surface area (Å²) < 4.78 is 0. The van der Waals surface area contributed by atoms with E-state index in [1.165, 1.54) is 11.3 Å². The van der Waals surface area contributed by atoms with E-state index < -0.39 is 0 Å². The number of nitrogens with two attached hydrogens (primary N) is 1. The Kier molecular flexibility index (Phi) is 7.55. The van der Waals surface area contributed by atoms with Gasteiger partial charge in [0.15, 0.2) is 0 Å². The van der Waals surface area contributed by atoms with Gasteiger partial charge in [0.05, 0.1) is 0 Å². The smallest absolute Gasteiger partial charge is 0.0412 e. The number of nitrogens with zero attached hydrogens (tertiary/aromatic N) is 1. The summed E-state index contributed by atoms with van der Waals surface area (Å²) in [5.74, 6) is 0. The van der Waals surface area contributed by atoms with Crippen molar-refractivity contribution in [3.63, 3.8) is 0 Å². The maximum atomic E-state index is 5.87. The number of anilines is 1. The number of nitrogens with one attached hydrogen (secondary N) is 1. The monoisotopic (exact) mass is 277 g/mol. The van der Waals surface area contributed by atoms with Gasteiger partial charge < -0.3 is 16.0 Å². The minimum absolute atomic E-state index is 0. The van der Waals surface area contributed by atoms with Crippen molar-refractivity contribution in [1.82, 2.24) is 5.32 Å². The Labute approximate surface area is 116 Å². The highest BCUT2D eigenvalue weighted by Crippen LogP contribution is 2.21. The van der Waals surface area contributed by atoms with E-state index in [0.717, 1.165) is 26.2 Å². The van der Waals surface area contributed by atoms with Crippen molar-refractivity contribution in [3.05, 3.63) is 29.8 Å². The van der Waals surface area contributed by atoms with Crippen molar-refractivity contribution in [2.75, 3.05) is 24.5 Å². The minimum atomic E-state index is 0. The molecule has 0 saturated heterocycles. The summed E-state index contributed by atoms with van der Waals surface area (Å²) in [6.07, 6.45) is 0. The van der Waals surface area contributed by atoms with Crippen molar-refractivity contribution >= 4 is 30.5 Å². The van der Waals surface area contributed by atoms with Crippen LogP contribution in [0.2, 0.25) is 0 Å². The molecular weight excluding hydrogens is 257 g/mol. The van der Waals surface area contributed by atoms with Crippen molar-refractivity contribution in [2.24, 2.45) is 5.73 Å². The zero-order valence-electron chi connectivity index (χ0n) is 10.1. The number of para-hydroxylation sites is 1. The van der Waals surface area contributed by atoms with Crippen molar-refractivity contribution in [2.45, 2.75) is 19.5 Å². The second-order valence-corrected chi connectivity index (χ2v) is 4.23. The highest BCUT2D eigenvalue weighted by molar-refractivity contribution is 5.85. The Hall–Kier alpha value is -0.480. The molecule has 0 bridgehead atoms. The number of hydrogen-bond donors (Lipinski definition) is 2. The number of rotatable bonds is 2. The molecule has 2 rings (SSSR count). The lowest BCUT2D eigenvalue weighted by Gasteiger charge is -2.26. The molecule has 0 spiro atoms. The Morgan fingerprint density at radius 2 is 2.06 bits per heavy atom. The lowest BCUT2D eigenvalue weighted by atomic mass is 10.1. The molecule has 0 radical (unpaired) electrons. The van der Waals surface area contributed by atoms with Gasteiger partial charge in [-0.15, -0.1) is 24.8 Å². The van der Waals surface area contributed by atoms with Crippen LogP contribution in [0, 0.1) is 0 Å². The molecule has 0 fully saturated rings. The van der Waals surface area contributed by atoms with Gasteiger partial charge in [0, 0.05) is 37.9 Å². The van der Waals surface area contributed by atoms with E-state index in [1.54, 1.807) is 0 Å². The summed E-state index contributed by atoms with van der Waals surface area (Å²) in [5, 5.41) is 3.42. The lowest BCUT2D eigenvalue weighted by molar-refractivity contribution is 0.650. The standard InChI is InChI=1S/C12H19N3.2ClH/c1-10(13)9-15-7-6-14-8-11-4-2-3-5-12(11)15;;/h2-5,10,14H,6-9,13H2,1H3;2*1H. The summed E-state index contributed by atoms with van der Waals surface area (Å²) in [6, 6.07) is 8.77. The van der Waals surface area contributed by atoms with E-state index in [0.29, 0.717) is 0 Å². The van der Waals surface area contributed by atoms with Crippen LogP contribution in [0.3, 0.4) is 0 Å². The molecule has 0 saturated carbocycles. The molecule has 17 heavy (non-hydrogen) atoms. The van der Waals surface area contributed by atoms with Crippen LogP contribution in [0.4, 0.5) is 5.69 Å². The molecule has 1 atom stereocenters. The molecule has 0 aliphatic carbocycles. The first-order valence-corrected chi connectivity index (χ1v) is 5.56. The maximum absolute atomic E-state index is 5.87. The van der Waals surface area contributed by atoms with Crippen LogP contribution in [0.5, 0.6) is 0 Å². The van der Waals surface area contributed by atoms with E-state index in [4.69, 9.17) is 5.73 Å². The van der Waals surface area contributed by atoms with Crippen molar-refractivity contribution in [3.8, 4) is 0 Å². The molecule has 1 aromatic rings. The summed E-state index contributed by atoms with van der Waals surface area (Å²) >= 11 is 0. The fourth-order valence-electron chi connectivity index (χ4n) is 2.06. The largest absolute Gasteiger partial charge is 0.368 e. The molecule has 1 unspecified atom stereocenters. The maximum Gasteiger partial charge on any atom is 0.0412 e. The molecule has 1 aromatic carbocycles. The Morgan fingerprint density at radius 3 is 2.76 bits per heavy atom. The number of halogens is 2. The van der Waals surface area contributed by atoms with Gasteiger partial charge in [-0.25, -0.2) is 0 Å². The van der Waals surface area contributed by atoms with Gasteiger partial charge >= 0.3 is 0 Å². The SMILES string of the molecule is CC(N)CN1CCNCc2ccccc21.Cl.Cl. The quantitative estimate of drug-likeness (QED) is 0.866. The molecule has 3 nitrogen and oxygen atoms in total. The number of benzene rings is 1. The molecule has 1 aliphatic heterocycles. The van der Waals surface area contributed by atoms with Gasteiger partial charge in [-0.2, -0.15) is 0 Å². The topological polar surface area (TPSA) is 41.3 Å². The van der Waals surface area contributed by atoms with E-state index in [1.807, 2.05) is 0 Å². The summed E-state index contributed by atoms with van der Waals surface area (Å²) in [7, 11) is 0. The minimum Gasteiger partial charge on any atom is -0.368 e. The molecule has 98 valence electrons. The Bertz CT molecular complexity index is 331. The summed E-state index contributed by atoms with van der Waals surface area (Å²) in [6.45, 7) is 6.02. The highest BCUT2D eigenvalue weighted by Gasteiger charge is 2.14. The van der Waals surface area contributed by atoms with Crippen LogP contribution in [-0.4, -0.2) is 25.7 Å². The fourth-order valence-corrected chi connectivity index (χ4v) is 2.06. The highest BCUT2D eigenvalue weighted by atomic mass is 35.5. The van der Waals surface area contributed by atoms with E-state index in [2.05, 4.69) is 41.4 Å². The lowest BCUT2D eigenvalue weighted by Crippen LogP contribution is -2.38. The molecule has 1 aliphatic rings. The van der Waals surface area contributed by atoms with Crippen LogP contribution in [0.1, 0.15) is 12.5 Å². The summed E-state index contributed by atoms with van der Waals surface area (Å²) in [5.41, 5.74) is 8.57. The molecule has 0 amide bonds. The van der Waals surface area contributed by atoms with Crippen LogP contribution in [0.25, 0.3) is 0 Å². The van der Waals surface area contributed by atoms with Gasteiger partial charge in [0.1, 0.15) is 0 Å². The average molecular weight is 278 g/mol. The van der Waals surface area contributed by atoms with Crippen molar-refractivity contribution < 1.29 is 0 Å². The second-order valence-electron chi connectivity index (χ2n) is 4.23. The second kappa shape index (κ2) is 7.77. The van der Waals surface area contributed by atoms with Crippen LogP contribution >= 0.6 is 24.8 Å². The van der Waals surface area contributed by atoms with Gasteiger partial charge in [0.2, 0.25) is 0 Å². The first-order valence-electron chi connectivity index (χ1n) is 5.56. The molecular formula is C12H21Cl2N3. The third-order valence-electron chi connectivity index (χ3n) is 2.71. The average Bonchev–Trinajstić information content (AvgIpc) is 2.41. The fraction of sp³-hybridized carbons (Fsp3) is 0.500. The van der Waals surface area contributed by atoms with Crippen molar-refractivity contribution in [1.29, 1.82) is 0 Å². The van der Waals surface area contributed by atoms with E-state index >= 15 is 0 Å². The number of hydrogen-bond acceptors (Lipinski definition) is 3. The third-order valence-corrected chi connectivity index (χ3v) is 2.71. The number of fused-ring (bicyclic) bond motifs is 1. The molecule has 5 heteroatoms. The van der Waals surface area contributed by atoms with Gasteiger partial charge in [-0.05, 0) is 18.6 Å². The van der Waals surface area contributed by atoms with Crippen LogP contribution < -0.4 is 16.0 Å². The zero-order chi connectivity index (χ0) is 10.7. The van der Waals surface area contributed by atoms with E-state index in [-0.39, 0.29) is 30.9 Å². The first kappa shape index (κ1) is 16.5. The van der Waals surface area contributed by atoms with Crippen LogP contribution in [0.15, 0.2) is 24.3 Å². The van der Waals surface area contributed by atoms with Gasteiger partial charge in [-0.3, -0.25) is 0 Å². The summed E-state index contributed by atoms with van der Waals surface area (Å²) in [4.78, 5) is 2.38. The Balaban J connectivity index is 0.00000128. The molecule has 1 heterocycles. The van der Waals surface area contributed by atoms with Crippen LogP contribution in [-0.2, 0) is 6.54 Å². The Morgan fingerprint density at radius 1 is 1.35 bits per heavy atom. The van der Waals surface area contributed by atoms with Gasteiger partial charge in [0.25, 0.3) is 0 Å². The predicted octanol–water partition coefficient (Wildman–Crippen LogP) is 1.79. The zero-order valence-corrected chi connectivity index (χ0v) is 11.7. The molecule has 0 aromatic heterocycles. The first-order chi connectivity index (χ1) is 7.27. The van der Waals surface area contributed by atoms with E-state index in [9.17, 15) is 0 Å². The predicted molar refractivity (Wildman–Crippen MR) is 78.5 cm³/mol. The normalized spacial score (nSPS) is 16.0.